The second-order valence-electron chi connectivity index (χ2n) is 5.25. The lowest BCUT2D eigenvalue weighted by molar-refractivity contribution is -0.123. The Balaban J connectivity index is 1.48. The minimum atomic E-state index is -0.456. The van der Waals surface area contributed by atoms with Gasteiger partial charge in [0.25, 0.3) is 5.91 Å². The quantitative estimate of drug-likeness (QED) is 0.890. The Hall–Kier alpha value is -1.88. The van der Waals surface area contributed by atoms with Crippen LogP contribution in [0.4, 0.5) is 4.39 Å². The van der Waals surface area contributed by atoms with Crippen LogP contribution < -0.4 is 10.1 Å². The Morgan fingerprint density at radius 1 is 1.29 bits per heavy atom. The zero-order chi connectivity index (χ0) is 14.7. The Morgan fingerprint density at radius 3 is 2.76 bits per heavy atom. The summed E-state index contributed by atoms with van der Waals surface area (Å²) in [6.07, 6.45) is 2.20. The molecule has 110 valence electrons. The topological polar surface area (TPSA) is 38.3 Å². The highest BCUT2D eigenvalue weighted by Crippen LogP contribution is 2.49. The maximum Gasteiger partial charge on any atom is 0.257 e. The number of halogens is 1. The summed E-state index contributed by atoms with van der Waals surface area (Å²) in [6.45, 7) is 0.453. The van der Waals surface area contributed by atoms with E-state index in [2.05, 4.69) is 16.8 Å². The number of ether oxygens (including phenoxy) is 1. The van der Waals surface area contributed by atoms with Gasteiger partial charge in [-0.25, -0.2) is 4.39 Å². The van der Waals surface area contributed by atoms with Gasteiger partial charge in [-0.3, -0.25) is 4.79 Å². The van der Waals surface area contributed by atoms with Crippen LogP contribution in [0.25, 0.3) is 0 Å². The number of amides is 1. The number of hydrogen-bond acceptors (Lipinski definition) is 3. The summed E-state index contributed by atoms with van der Waals surface area (Å²) < 4.78 is 18.5. The zero-order valence-electron chi connectivity index (χ0n) is 11.5. The first kappa shape index (κ1) is 14.1. The van der Waals surface area contributed by atoms with E-state index in [-0.39, 0.29) is 23.7 Å². The molecule has 0 aliphatic heterocycles. The highest BCUT2D eigenvalue weighted by atomic mass is 32.1. The molecule has 0 saturated heterocycles. The Morgan fingerprint density at radius 2 is 2.10 bits per heavy atom. The van der Waals surface area contributed by atoms with Gasteiger partial charge in [0.05, 0.1) is 0 Å². The number of rotatable bonds is 6. The van der Waals surface area contributed by atoms with E-state index in [0.717, 1.165) is 12.8 Å². The molecule has 1 aliphatic carbocycles. The van der Waals surface area contributed by atoms with Gasteiger partial charge in [-0.05, 0) is 36.4 Å². The molecule has 3 rings (SSSR count). The maximum atomic E-state index is 13.4. The summed E-state index contributed by atoms with van der Waals surface area (Å²) in [5, 5.41) is 4.94. The molecule has 21 heavy (non-hydrogen) atoms. The van der Waals surface area contributed by atoms with E-state index in [9.17, 15) is 9.18 Å². The van der Waals surface area contributed by atoms with E-state index in [1.807, 2.05) is 6.07 Å². The van der Waals surface area contributed by atoms with Gasteiger partial charge in [-0.2, -0.15) is 0 Å². The molecule has 1 aromatic heterocycles. The average molecular weight is 305 g/mol. The Labute approximate surface area is 126 Å². The first-order valence-corrected chi connectivity index (χ1v) is 7.76. The lowest BCUT2D eigenvalue weighted by atomic mass is 10.1. The van der Waals surface area contributed by atoms with Crippen LogP contribution in [0.5, 0.6) is 5.75 Å². The monoisotopic (exact) mass is 305 g/mol. The molecule has 0 radical (unpaired) electrons. The van der Waals surface area contributed by atoms with E-state index < -0.39 is 5.82 Å². The van der Waals surface area contributed by atoms with Crippen LogP contribution in [-0.4, -0.2) is 19.1 Å². The fourth-order valence-corrected chi connectivity index (χ4v) is 3.25. The number of carbonyl (C=O) groups is 1. The maximum absolute atomic E-state index is 13.4. The van der Waals surface area contributed by atoms with E-state index in [0.29, 0.717) is 6.54 Å². The van der Waals surface area contributed by atoms with Crippen molar-refractivity contribution < 1.29 is 13.9 Å². The molecule has 0 bridgehead atoms. The fraction of sp³-hybridized carbons (Fsp3) is 0.312. The van der Waals surface area contributed by atoms with Crippen molar-refractivity contribution in [2.45, 2.75) is 18.3 Å². The SMILES string of the molecule is O=C(COc1ccccc1F)NCC1(c2cccs2)CC1. The number of thiophene rings is 1. The second kappa shape index (κ2) is 5.85. The van der Waals surface area contributed by atoms with Crippen molar-refractivity contribution in [1.29, 1.82) is 0 Å². The van der Waals surface area contributed by atoms with Crippen molar-refractivity contribution in [2.24, 2.45) is 0 Å². The van der Waals surface area contributed by atoms with Gasteiger partial charge >= 0.3 is 0 Å². The van der Waals surface area contributed by atoms with Crippen molar-refractivity contribution >= 4 is 17.2 Å². The molecule has 1 heterocycles. The summed E-state index contributed by atoms with van der Waals surface area (Å²) in [6, 6.07) is 10.2. The predicted octanol–water partition coefficient (Wildman–Crippen LogP) is 3.11. The molecule has 1 fully saturated rings. The van der Waals surface area contributed by atoms with Gasteiger partial charge in [0.1, 0.15) is 0 Å². The number of benzene rings is 1. The second-order valence-corrected chi connectivity index (χ2v) is 6.20. The van der Waals surface area contributed by atoms with Crippen LogP contribution >= 0.6 is 11.3 Å². The lowest BCUT2D eigenvalue weighted by Gasteiger charge is -2.14. The minimum Gasteiger partial charge on any atom is -0.481 e. The van der Waals surface area contributed by atoms with Crippen molar-refractivity contribution in [2.75, 3.05) is 13.2 Å². The number of para-hydroxylation sites is 1. The summed E-state index contributed by atoms with van der Waals surface area (Å²) in [7, 11) is 0. The number of hydrogen-bond donors (Lipinski definition) is 1. The van der Waals surface area contributed by atoms with Gasteiger partial charge in [0.15, 0.2) is 18.2 Å². The molecule has 1 aliphatic rings. The minimum absolute atomic E-state index is 0.104. The largest absolute Gasteiger partial charge is 0.481 e. The highest BCUT2D eigenvalue weighted by Gasteiger charge is 2.45. The first-order valence-electron chi connectivity index (χ1n) is 6.88. The Kier molecular flexibility index (Phi) is 3.92. The van der Waals surface area contributed by atoms with Crippen molar-refractivity contribution in [1.82, 2.24) is 5.32 Å². The Bertz CT molecular complexity index is 623. The third-order valence-electron chi connectivity index (χ3n) is 3.72. The standard InChI is InChI=1S/C16H16FNO2S/c17-12-4-1-2-5-13(12)20-10-15(19)18-11-16(7-8-16)14-6-3-9-21-14/h1-6,9H,7-8,10-11H2,(H,18,19). The van der Waals surface area contributed by atoms with Crippen molar-refractivity contribution in [3.8, 4) is 5.75 Å². The summed E-state index contributed by atoms with van der Waals surface area (Å²) in [4.78, 5) is 13.1. The predicted molar refractivity (Wildman–Crippen MR) is 80.1 cm³/mol. The third kappa shape index (κ3) is 3.24. The fourth-order valence-electron chi connectivity index (χ4n) is 2.27. The van der Waals surface area contributed by atoms with E-state index in [4.69, 9.17) is 4.74 Å². The van der Waals surface area contributed by atoms with Crippen LogP contribution in [0.3, 0.4) is 0 Å². The van der Waals surface area contributed by atoms with Crippen LogP contribution in [-0.2, 0) is 10.2 Å². The van der Waals surface area contributed by atoms with Gasteiger partial charge in [0.2, 0.25) is 0 Å². The van der Waals surface area contributed by atoms with Crippen LogP contribution in [0, 0.1) is 5.82 Å². The summed E-state index contributed by atoms with van der Waals surface area (Å²) in [5.74, 6) is -0.573. The summed E-state index contributed by atoms with van der Waals surface area (Å²) in [5.41, 5.74) is 0.113. The molecule has 1 saturated carbocycles. The van der Waals surface area contributed by atoms with Crippen molar-refractivity contribution in [3.63, 3.8) is 0 Å². The van der Waals surface area contributed by atoms with Gasteiger partial charge in [-0.1, -0.05) is 18.2 Å². The van der Waals surface area contributed by atoms with Crippen molar-refractivity contribution in [3.05, 3.63) is 52.5 Å². The third-order valence-corrected chi connectivity index (χ3v) is 4.83. The van der Waals surface area contributed by atoms with Crippen LogP contribution in [0.15, 0.2) is 41.8 Å². The first-order chi connectivity index (χ1) is 10.2. The van der Waals surface area contributed by atoms with Gasteiger partial charge < -0.3 is 10.1 Å². The van der Waals surface area contributed by atoms with Crippen LogP contribution in [0.2, 0.25) is 0 Å². The molecule has 0 unspecified atom stereocenters. The average Bonchev–Trinajstić information content (AvgIpc) is 3.07. The van der Waals surface area contributed by atoms with E-state index >= 15 is 0 Å². The van der Waals surface area contributed by atoms with Crippen LogP contribution in [0.1, 0.15) is 17.7 Å². The smallest absolute Gasteiger partial charge is 0.257 e. The normalized spacial score (nSPS) is 15.5. The molecule has 2 aromatic rings. The van der Waals surface area contributed by atoms with Gasteiger partial charge in [0, 0.05) is 16.8 Å². The number of carbonyl (C=O) groups excluding carboxylic acids is 1. The molecular formula is C16H16FNO2S. The lowest BCUT2D eigenvalue weighted by Crippen LogP contribution is -2.35. The highest BCUT2D eigenvalue weighted by molar-refractivity contribution is 7.10. The molecule has 1 amide bonds. The molecular weight excluding hydrogens is 289 g/mol. The molecule has 5 heteroatoms. The molecule has 3 nitrogen and oxygen atoms in total. The summed E-state index contributed by atoms with van der Waals surface area (Å²) >= 11 is 1.72. The molecule has 0 atom stereocenters. The van der Waals surface area contributed by atoms with E-state index in [1.54, 1.807) is 23.5 Å². The van der Waals surface area contributed by atoms with Gasteiger partial charge in [-0.15, -0.1) is 11.3 Å². The zero-order valence-corrected chi connectivity index (χ0v) is 12.3. The number of nitrogens with one attached hydrogen (secondary N) is 1. The molecule has 1 N–H and O–H groups in total. The van der Waals surface area contributed by atoms with E-state index in [1.165, 1.54) is 17.0 Å². The molecule has 1 aromatic carbocycles. The molecule has 0 spiro atoms.